The van der Waals surface area contributed by atoms with Gasteiger partial charge in [-0.15, -0.1) is 12.4 Å². The van der Waals surface area contributed by atoms with E-state index in [2.05, 4.69) is 5.32 Å². The SMILES string of the molecule is COC(C)c1cccc(NC(=O)C(C)C(C)N)c1.Cl. The number of anilines is 1. The second-order valence-corrected chi connectivity index (χ2v) is 4.64. The second-order valence-electron chi connectivity index (χ2n) is 4.64. The Kier molecular flexibility index (Phi) is 7.68. The summed E-state index contributed by atoms with van der Waals surface area (Å²) in [5.74, 6) is -0.277. The molecule has 0 saturated heterocycles. The largest absolute Gasteiger partial charge is 0.377 e. The Balaban J connectivity index is 0.00000324. The van der Waals surface area contributed by atoms with Crippen LogP contribution in [0, 0.1) is 5.92 Å². The van der Waals surface area contributed by atoms with Gasteiger partial charge in [-0.3, -0.25) is 4.79 Å². The zero-order valence-electron chi connectivity index (χ0n) is 11.8. The lowest BCUT2D eigenvalue weighted by molar-refractivity contribution is -0.119. The van der Waals surface area contributed by atoms with Gasteiger partial charge in [-0.25, -0.2) is 0 Å². The highest BCUT2D eigenvalue weighted by Gasteiger charge is 2.17. The van der Waals surface area contributed by atoms with E-state index in [1.54, 1.807) is 7.11 Å². The van der Waals surface area contributed by atoms with Crippen LogP contribution in [0.25, 0.3) is 0 Å². The third kappa shape index (κ3) is 5.19. The standard InChI is InChI=1S/C14H22N2O2.ClH/c1-9(10(2)15)14(17)16-13-7-5-6-12(8-13)11(3)18-4;/h5-11H,15H2,1-4H3,(H,16,17);1H. The van der Waals surface area contributed by atoms with E-state index in [9.17, 15) is 4.79 Å². The molecule has 0 saturated carbocycles. The lowest BCUT2D eigenvalue weighted by Crippen LogP contribution is -2.34. The highest BCUT2D eigenvalue weighted by molar-refractivity contribution is 5.92. The van der Waals surface area contributed by atoms with Crippen molar-refractivity contribution in [1.29, 1.82) is 0 Å². The van der Waals surface area contributed by atoms with E-state index in [1.807, 2.05) is 45.0 Å². The summed E-state index contributed by atoms with van der Waals surface area (Å²) < 4.78 is 5.25. The van der Waals surface area contributed by atoms with Crippen molar-refractivity contribution >= 4 is 24.0 Å². The van der Waals surface area contributed by atoms with Crippen LogP contribution in [0.4, 0.5) is 5.69 Å². The molecular weight excluding hydrogens is 264 g/mol. The van der Waals surface area contributed by atoms with Crippen molar-refractivity contribution in [2.45, 2.75) is 32.9 Å². The summed E-state index contributed by atoms with van der Waals surface area (Å²) in [5.41, 5.74) is 7.51. The Bertz CT molecular complexity index is 410. The predicted octanol–water partition coefficient (Wildman–Crippen LogP) is 2.74. The number of amides is 1. The average molecular weight is 287 g/mol. The van der Waals surface area contributed by atoms with Crippen LogP contribution in [0.2, 0.25) is 0 Å². The van der Waals surface area contributed by atoms with Crippen LogP contribution < -0.4 is 11.1 Å². The van der Waals surface area contributed by atoms with Crippen molar-refractivity contribution in [2.24, 2.45) is 11.7 Å². The molecular formula is C14H23ClN2O2. The third-order valence-corrected chi connectivity index (χ3v) is 3.18. The van der Waals surface area contributed by atoms with E-state index in [4.69, 9.17) is 10.5 Å². The summed E-state index contributed by atoms with van der Waals surface area (Å²) in [4.78, 5) is 11.9. The number of hydrogen-bond donors (Lipinski definition) is 2. The maximum absolute atomic E-state index is 11.9. The third-order valence-electron chi connectivity index (χ3n) is 3.18. The first-order valence-electron chi connectivity index (χ1n) is 6.15. The number of rotatable bonds is 5. The van der Waals surface area contributed by atoms with Gasteiger partial charge in [0, 0.05) is 18.8 Å². The Morgan fingerprint density at radius 3 is 2.47 bits per heavy atom. The zero-order chi connectivity index (χ0) is 13.7. The molecule has 3 atom stereocenters. The molecule has 0 radical (unpaired) electrons. The average Bonchev–Trinajstić information content (AvgIpc) is 2.36. The molecule has 5 heteroatoms. The molecule has 0 heterocycles. The van der Waals surface area contributed by atoms with E-state index in [0.717, 1.165) is 11.3 Å². The van der Waals surface area contributed by atoms with Gasteiger partial charge in [-0.1, -0.05) is 19.1 Å². The van der Waals surface area contributed by atoms with Crippen LogP contribution in [-0.2, 0) is 9.53 Å². The van der Waals surface area contributed by atoms with Crippen molar-refractivity contribution in [3.8, 4) is 0 Å². The summed E-state index contributed by atoms with van der Waals surface area (Å²) in [6.07, 6.45) is 0.00714. The molecule has 0 fully saturated rings. The van der Waals surface area contributed by atoms with Crippen LogP contribution >= 0.6 is 12.4 Å². The summed E-state index contributed by atoms with van der Waals surface area (Å²) in [6, 6.07) is 7.49. The summed E-state index contributed by atoms with van der Waals surface area (Å²) in [5, 5.41) is 2.87. The van der Waals surface area contributed by atoms with Crippen LogP contribution in [0.15, 0.2) is 24.3 Å². The molecule has 0 aromatic heterocycles. The van der Waals surface area contributed by atoms with Gasteiger partial charge in [0.05, 0.1) is 12.0 Å². The number of nitrogens with two attached hydrogens (primary N) is 1. The molecule has 1 aromatic rings. The number of benzene rings is 1. The van der Waals surface area contributed by atoms with Crippen molar-refractivity contribution in [3.05, 3.63) is 29.8 Å². The zero-order valence-corrected chi connectivity index (χ0v) is 12.7. The van der Waals surface area contributed by atoms with Gasteiger partial charge in [0.2, 0.25) is 5.91 Å². The first kappa shape index (κ1) is 17.9. The maximum Gasteiger partial charge on any atom is 0.228 e. The summed E-state index contributed by atoms with van der Waals surface area (Å²) >= 11 is 0. The molecule has 19 heavy (non-hydrogen) atoms. The molecule has 0 aliphatic heterocycles. The fraction of sp³-hybridized carbons (Fsp3) is 0.500. The first-order valence-corrected chi connectivity index (χ1v) is 6.15. The number of carbonyl (C=O) groups excluding carboxylic acids is 1. The summed E-state index contributed by atoms with van der Waals surface area (Å²) in [7, 11) is 1.66. The number of halogens is 1. The van der Waals surface area contributed by atoms with E-state index in [1.165, 1.54) is 0 Å². The normalized spacial score (nSPS) is 15.0. The first-order chi connectivity index (χ1) is 8.45. The number of carbonyl (C=O) groups is 1. The van der Waals surface area contributed by atoms with Crippen molar-refractivity contribution in [3.63, 3.8) is 0 Å². The molecule has 1 rings (SSSR count). The Morgan fingerprint density at radius 2 is 1.95 bits per heavy atom. The molecule has 1 aromatic carbocycles. The quantitative estimate of drug-likeness (QED) is 0.875. The van der Waals surface area contributed by atoms with E-state index < -0.39 is 0 Å². The minimum Gasteiger partial charge on any atom is -0.377 e. The monoisotopic (exact) mass is 286 g/mol. The smallest absolute Gasteiger partial charge is 0.228 e. The molecule has 0 bridgehead atoms. The van der Waals surface area contributed by atoms with Crippen molar-refractivity contribution in [2.75, 3.05) is 12.4 Å². The molecule has 3 N–H and O–H groups in total. The van der Waals surface area contributed by atoms with Crippen LogP contribution in [0.3, 0.4) is 0 Å². The van der Waals surface area contributed by atoms with Gasteiger partial charge in [-0.2, -0.15) is 0 Å². The molecule has 0 spiro atoms. The number of ether oxygens (including phenoxy) is 1. The Morgan fingerprint density at radius 1 is 1.32 bits per heavy atom. The van der Waals surface area contributed by atoms with Gasteiger partial charge in [0.1, 0.15) is 0 Å². The maximum atomic E-state index is 11.9. The van der Waals surface area contributed by atoms with Gasteiger partial charge < -0.3 is 15.8 Å². The molecule has 0 aliphatic carbocycles. The molecule has 3 unspecified atom stereocenters. The lowest BCUT2D eigenvalue weighted by atomic mass is 10.0. The highest BCUT2D eigenvalue weighted by atomic mass is 35.5. The minimum absolute atomic E-state index is 0. The van der Waals surface area contributed by atoms with E-state index >= 15 is 0 Å². The van der Waals surface area contributed by atoms with Gasteiger partial charge >= 0.3 is 0 Å². The fourth-order valence-corrected chi connectivity index (χ4v) is 1.50. The second kappa shape index (κ2) is 8.15. The molecule has 108 valence electrons. The highest BCUT2D eigenvalue weighted by Crippen LogP contribution is 2.20. The van der Waals surface area contributed by atoms with Crippen molar-refractivity contribution in [1.82, 2.24) is 0 Å². The number of hydrogen-bond acceptors (Lipinski definition) is 3. The predicted molar refractivity (Wildman–Crippen MR) is 80.6 cm³/mol. The van der Waals surface area contributed by atoms with Crippen molar-refractivity contribution < 1.29 is 9.53 Å². The lowest BCUT2D eigenvalue weighted by Gasteiger charge is -2.16. The van der Waals surface area contributed by atoms with E-state index in [0.29, 0.717) is 0 Å². The minimum atomic E-state index is -0.214. The van der Waals surface area contributed by atoms with E-state index in [-0.39, 0.29) is 36.4 Å². The van der Waals surface area contributed by atoms with Crippen LogP contribution in [-0.4, -0.2) is 19.1 Å². The van der Waals surface area contributed by atoms with Crippen LogP contribution in [0.5, 0.6) is 0 Å². The number of nitrogens with one attached hydrogen (secondary N) is 1. The number of methoxy groups -OCH3 is 1. The fourth-order valence-electron chi connectivity index (χ4n) is 1.50. The molecule has 1 amide bonds. The molecule has 4 nitrogen and oxygen atoms in total. The van der Waals surface area contributed by atoms with Gasteiger partial charge in [0.15, 0.2) is 0 Å². The Labute approximate surface area is 121 Å². The molecule has 0 aliphatic rings. The topological polar surface area (TPSA) is 64.3 Å². The van der Waals surface area contributed by atoms with Crippen LogP contribution in [0.1, 0.15) is 32.4 Å². The van der Waals surface area contributed by atoms with Gasteiger partial charge in [0.25, 0.3) is 0 Å². The Hall–Kier alpha value is -1.10. The van der Waals surface area contributed by atoms with Gasteiger partial charge in [-0.05, 0) is 31.5 Å². The summed E-state index contributed by atoms with van der Waals surface area (Å²) in [6.45, 7) is 5.61.